The summed E-state index contributed by atoms with van der Waals surface area (Å²) in [7, 11) is 0. The third kappa shape index (κ3) is 5.31. The van der Waals surface area contributed by atoms with Gasteiger partial charge in [-0.05, 0) is 13.8 Å². The second kappa shape index (κ2) is 7.17. The number of carbonyl (C=O) groups excluding carboxylic acids is 2. The molecule has 0 aromatic heterocycles. The summed E-state index contributed by atoms with van der Waals surface area (Å²) >= 11 is 0. The van der Waals surface area contributed by atoms with Crippen LogP contribution < -0.4 is 5.73 Å². The van der Waals surface area contributed by atoms with Crippen LogP contribution in [-0.4, -0.2) is 37.4 Å². The molecule has 0 aromatic rings. The highest BCUT2D eigenvalue weighted by atomic mass is 19.1. The van der Waals surface area contributed by atoms with Crippen molar-refractivity contribution in [3.8, 4) is 0 Å². The molecule has 0 saturated carbocycles. The maximum atomic E-state index is 13.1. The number of ether oxygens (including phenoxy) is 2. The molecule has 2 N–H and O–H groups in total. The Morgan fingerprint density at radius 1 is 1.20 bits per heavy atom. The maximum absolute atomic E-state index is 13.1. The van der Waals surface area contributed by atoms with Crippen LogP contribution in [0.1, 0.15) is 20.3 Å². The van der Waals surface area contributed by atoms with Crippen LogP contribution in [0.5, 0.6) is 0 Å². The Hall–Kier alpha value is -1.17. The van der Waals surface area contributed by atoms with Gasteiger partial charge in [-0.15, -0.1) is 0 Å². The van der Waals surface area contributed by atoms with E-state index in [9.17, 15) is 14.0 Å². The summed E-state index contributed by atoms with van der Waals surface area (Å²) in [6, 6.07) is -1.13. The van der Waals surface area contributed by atoms with Gasteiger partial charge in [-0.2, -0.15) is 0 Å². The third-order valence-corrected chi connectivity index (χ3v) is 1.59. The van der Waals surface area contributed by atoms with Gasteiger partial charge < -0.3 is 15.2 Å². The van der Waals surface area contributed by atoms with E-state index in [4.69, 9.17) is 5.73 Å². The lowest BCUT2D eigenvalue weighted by Crippen LogP contribution is -2.37. The van der Waals surface area contributed by atoms with Gasteiger partial charge in [-0.3, -0.25) is 4.79 Å². The van der Waals surface area contributed by atoms with E-state index in [0.29, 0.717) is 0 Å². The monoisotopic (exact) mass is 221 g/mol. The number of hydrogen-bond acceptors (Lipinski definition) is 5. The fraction of sp³-hybridized carbons (Fsp3) is 0.778. The highest BCUT2D eigenvalue weighted by molar-refractivity contribution is 5.79. The molecule has 88 valence electrons. The van der Waals surface area contributed by atoms with Crippen LogP contribution >= 0.6 is 0 Å². The van der Waals surface area contributed by atoms with Gasteiger partial charge in [0.1, 0.15) is 6.04 Å². The van der Waals surface area contributed by atoms with Crippen molar-refractivity contribution >= 4 is 11.9 Å². The minimum Gasteiger partial charge on any atom is -0.465 e. The van der Waals surface area contributed by atoms with Gasteiger partial charge in [0.15, 0.2) is 6.17 Å². The molecule has 0 amide bonds. The standard InChI is InChI=1S/C9H16FNO4/c1-3-14-8(12)6(10)5-7(11)9(13)15-4-2/h6-7H,3-5,11H2,1-2H3/t6?,7-/m0/s1. The number of nitrogens with two attached hydrogens (primary N) is 1. The smallest absolute Gasteiger partial charge is 0.340 e. The molecule has 6 heteroatoms. The summed E-state index contributed by atoms with van der Waals surface area (Å²) in [5.41, 5.74) is 5.32. The van der Waals surface area contributed by atoms with Crippen molar-refractivity contribution in [2.75, 3.05) is 13.2 Å². The molecule has 0 radical (unpaired) electrons. The molecule has 0 rings (SSSR count). The zero-order chi connectivity index (χ0) is 11.8. The summed E-state index contributed by atoms with van der Waals surface area (Å²) in [4.78, 5) is 21.8. The molecule has 5 nitrogen and oxygen atoms in total. The van der Waals surface area contributed by atoms with E-state index >= 15 is 0 Å². The van der Waals surface area contributed by atoms with Crippen LogP contribution in [0.2, 0.25) is 0 Å². The fourth-order valence-electron chi connectivity index (χ4n) is 0.897. The van der Waals surface area contributed by atoms with Crippen LogP contribution in [0.3, 0.4) is 0 Å². The molecule has 1 unspecified atom stereocenters. The number of alkyl halides is 1. The van der Waals surface area contributed by atoms with E-state index < -0.39 is 30.6 Å². The number of rotatable bonds is 6. The molecule has 0 fully saturated rings. The van der Waals surface area contributed by atoms with E-state index in [0.717, 1.165) is 0 Å². The van der Waals surface area contributed by atoms with E-state index in [1.807, 2.05) is 0 Å². The topological polar surface area (TPSA) is 78.6 Å². The number of halogens is 1. The normalized spacial score (nSPS) is 14.1. The van der Waals surface area contributed by atoms with Crippen molar-refractivity contribution in [1.29, 1.82) is 0 Å². The first-order chi connectivity index (χ1) is 7.02. The Bertz CT molecular complexity index is 200. The lowest BCUT2D eigenvalue weighted by Gasteiger charge is -2.12. The summed E-state index contributed by atoms with van der Waals surface area (Å²) in [6.45, 7) is 3.44. The predicted molar refractivity (Wildman–Crippen MR) is 50.8 cm³/mol. The highest BCUT2D eigenvalue weighted by Gasteiger charge is 2.26. The van der Waals surface area contributed by atoms with E-state index in [1.165, 1.54) is 0 Å². The van der Waals surface area contributed by atoms with Crippen LogP contribution in [0.15, 0.2) is 0 Å². The minimum atomic E-state index is -1.88. The summed E-state index contributed by atoms with van der Waals surface area (Å²) in [5, 5.41) is 0. The van der Waals surface area contributed by atoms with Crippen LogP contribution in [-0.2, 0) is 19.1 Å². The fourth-order valence-corrected chi connectivity index (χ4v) is 0.897. The molecule has 15 heavy (non-hydrogen) atoms. The number of carbonyl (C=O) groups is 2. The van der Waals surface area contributed by atoms with Crippen LogP contribution in [0, 0.1) is 0 Å². The summed E-state index contributed by atoms with van der Waals surface area (Å²) in [5.74, 6) is -1.72. The van der Waals surface area contributed by atoms with Crippen molar-refractivity contribution in [2.45, 2.75) is 32.5 Å². The first-order valence-corrected chi connectivity index (χ1v) is 4.75. The predicted octanol–water partition coefficient (Wildman–Crippen LogP) is 0.168. The van der Waals surface area contributed by atoms with E-state index in [-0.39, 0.29) is 13.2 Å². The molecule has 0 spiro atoms. The summed E-state index contributed by atoms with van der Waals surface area (Å²) in [6.07, 6.45) is -2.30. The lowest BCUT2D eigenvalue weighted by atomic mass is 10.1. The average molecular weight is 221 g/mol. The molecule has 2 atom stereocenters. The van der Waals surface area contributed by atoms with Gasteiger partial charge >= 0.3 is 11.9 Å². The SMILES string of the molecule is CCOC(=O)C(F)C[C@H](N)C(=O)OCC. The van der Waals surface area contributed by atoms with Gasteiger partial charge in [0.05, 0.1) is 13.2 Å². The third-order valence-electron chi connectivity index (χ3n) is 1.59. The van der Waals surface area contributed by atoms with Gasteiger partial charge in [-0.25, -0.2) is 9.18 Å². The van der Waals surface area contributed by atoms with Gasteiger partial charge in [0.2, 0.25) is 0 Å². The Morgan fingerprint density at radius 2 is 1.67 bits per heavy atom. The second-order valence-electron chi connectivity index (χ2n) is 2.81. The van der Waals surface area contributed by atoms with Gasteiger partial charge in [0, 0.05) is 6.42 Å². The molecule has 0 aromatic carbocycles. The van der Waals surface area contributed by atoms with Crippen molar-refractivity contribution in [1.82, 2.24) is 0 Å². The summed E-state index contributed by atoms with van der Waals surface area (Å²) < 4.78 is 22.1. The van der Waals surface area contributed by atoms with Gasteiger partial charge in [0.25, 0.3) is 0 Å². The van der Waals surface area contributed by atoms with E-state index in [1.54, 1.807) is 13.8 Å². The molecule has 0 saturated heterocycles. The highest BCUT2D eigenvalue weighted by Crippen LogP contribution is 2.05. The molecule has 0 aliphatic carbocycles. The van der Waals surface area contributed by atoms with Crippen molar-refractivity contribution < 1.29 is 23.5 Å². The molecule has 0 aliphatic rings. The first kappa shape index (κ1) is 13.8. The van der Waals surface area contributed by atoms with Gasteiger partial charge in [-0.1, -0.05) is 0 Å². The zero-order valence-electron chi connectivity index (χ0n) is 8.86. The first-order valence-electron chi connectivity index (χ1n) is 4.75. The zero-order valence-corrected chi connectivity index (χ0v) is 8.86. The Balaban J connectivity index is 3.99. The van der Waals surface area contributed by atoms with Crippen molar-refractivity contribution in [3.63, 3.8) is 0 Å². The Kier molecular flexibility index (Phi) is 6.61. The molecular formula is C9H16FNO4. The quantitative estimate of drug-likeness (QED) is 0.647. The Morgan fingerprint density at radius 3 is 2.13 bits per heavy atom. The largest absolute Gasteiger partial charge is 0.465 e. The van der Waals surface area contributed by atoms with E-state index in [2.05, 4.69) is 9.47 Å². The second-order valence-corrected chi connectivity index (χ2v) is 2.81. The molecule has 0 aliphatic heterocycles. The van der Waals surface area contributed by atoms with Crippen molar-refractivity contribution in [3.05, 3.63) is 0 Å². The molecule has 0 bridgehead atoms. The molecule has 0 heterocycles. The van der Waals surface area contributed by atoms with Crippen LogP contribution in [0.25, 0.3) is 0 Å². The number of hydrogen-bond donors (Lipinski definition) is 1. The average Bonchev–Trinajstić information content (AvgIpc) is 2.18. The minimum absolute atomic E-state index is 0.0912. The lowest BCUT2D eigenvalue weighted by molar-refractivity contribution is -0.151. The van der Waals surface area contributed by atoms with Crippen molar-refractivity contribution in [2.24, 2.45) is 5.73 Å². The molecular weight excluding hydrogens is 205 g/mol. The number of esters is 2. The Labute approximate surface area is 87.7 Å². The maximum Gasteiger partial charge on any atom is 0.340 e. The van der Waals surface area contributed by atoms with Crippen LogP contribution in [0.4, 0.5) is 4.39 Å².